The van der Waals surface area contributed by atoms with E-state index in [2.05, 4.69) is 36.2 Å². The van der Waals surface area contributed by atoms with E-state index in [0.29, 0.717) is 30.9 Å². The van der Waals surface area contributed by atoms with E-state index in [1.54, 1.807) is 18.2 Å². The fourth-order valence-corrected chi connectivity index (χ4v) is 4.81. The molecule has 37 heavy (non-hydrogen) atoms. The molecule has 0 amide bonds. The van der Waals surface area contributed by atoms with Gasteiger partial charge in [0.25, 0.3) is 0 Å². The van der Waals surface area contributed by atoms with Crippen LogP contribution in [0.15, 0.2) is 64.7 Å². The summed E-state index contributed by atoms with van der Waals surface area (Å²) in [5.74, 6) is 0.600. The van der Waals surface area contributed by atoms with Gasteiger partial charge in [-0.25, -0.2) is 0 Å². The fourth-order valence-electron chi connectivity index (χ4n) is 4.81. The molecule has 0 aromatic heterocycles. The quantitative estimate of drug-likeness (QED) is 0.298. The first-order valence-electron chi connectivity index (χ1n) is 13.2. The minimum atomic E-state index is -0.414. The van der Waals surface area contributed by atoms with Crippen LogP contribution >= 0.6 is 0 Å². The molecule has 0 aliphatic carbocycles. The number of aliphatic imine (C=N–C) groups is 1. The molecule has 198 valence electrons. The number of nitrogens with zero attached hydrogens (tertiary/aromatic N) is 1. The van der Waals surface area contributed by atoms with E-state index in [-0.39, 0.29) is 23.9 Å². The minimum absolute atomic E-state index is 0.0575. The number of Topliss-reactive ketones (excluding diaryl/α,β-unsaturated/α-hetero) is 1. The van der Waals surface area contributed by atoms with Crippen LogP contribution in [0.25, 0.3) is 0 Å². The SMILES string of the molecule is CCC(CCC(CC(=O)CCc1ccc(O)c(OC)c1)OC(C)=O)CC1=C(Cc2ccccc2)CN=C1. The van der Waals surface area contributed by atoms with Gasteiger partial charge in [-0.05, 0) is 72.4 Å². The number of hydrogen-bond acceptors (Lipinski definition) is 6. The van der Waals surface area contributed by atoms with Gasteiger partial charge >= 0.3 is 5.97 Å². The first-order chi connectivity index (χ1) is 17.9. The maximum absolute atomic E-state index is 12.7. The molecule has 2 atom stereocenters. The topological polar surface area (TPSA) is 85.2 Å². The first kappa shape index (κ1) is 28.2. The van der Waals surface area contributed by atoms with Crippen molar-refractivity contribution in [2.75, 3.05) is 13.7 Å². The van der Waals surface area contributed by atoms with Crippen molar-refractivity contribution in [3.05, 3.63) is 70.8 Å². The van der Waals surface area contributed by atoms with Crippen molar-refractivity contribution in [2.24, 2.45) is 10.9 Å². The molecule has 6 heteroatoms. The number of allylic oxidation sites excluding steroid dienone is 1. The Labute approximate surface area is 220 Å². The second kappa shape index (κ2) is 14.4. The highest BCUT2D eigenvalue weighted by atomic mass is 16.5. The van der Waals surface area contributed by atoms with Crippen LogP contribution in [0.2, 0.25) is 0 Å². The van der Waals surface area contributed by atoms with Gasteiger partial charge < -0.3 is 14.6 Å². The number of carbonyl (C=O) groups is 2. The van der Waals surface area contributed by atoms with Crippen LogP contribution in [0.5, 0.6) is 11.5 Å². The molecule has 0 fully saturated rings. The predicted octanol–water partition coefficient (Wildman–Crippen LogP) is 6.04. The summed E-state index contributed by atoms with van der Waals surface area (Å²) < 4.78 is 10.7. The molecule has 2 unspecified atom stereocenters. The summed E-state index contributed by atoms with van der Waals surface area (Å²) in [6.45, 7) is 4.34. The van der Waals surface area contributed by atoms with Crippen LogP contribution in [0, 0.1) is 5.92 Å². The zero-order valence-corrected chi connectivity index (χ0v) is 22.2. The van der Waals surface area contributed by atoms with Crippen LogP contribution < -0.4 is 4.74 Å². The van der Waals surface area contributed by atoms with Crippen molar-refractivity contribution in [3.8, 4) is 11.5 Å². The number of methoxy groups -OCH3 is 1. The summed E-state index contributed by atoms with van der Waals surface area (Å²) in [6, 6.07) is 15.6. The van der Waals surface area contributed by atoms with Gasteiger partial charge in [-0.3, -0.25) is 14.6 Å². The lowest BCUT2D eigenvalue weighted by molar-refractivity contribution is -0.148. The number of aromatic hydroxyl groups is 1. The lowest BCUT2D eigenvalue weighted by atomic mass is 9.88. The number of esters is 1. The number of phenols is 1. The molecule has 0 saturated carbocycles. The third kappa shape index (κ3) is 9.19. The van der Waals surface area contributed by atoms with Crippen molar-refractivity contribution in [1.82, 2.24) is 0 Å². The second-order valence-corrected chi connectivity index (χ2v) is 9.80. The smallest absolute Gasteiger partial charge is 0.302 e. The predicted molar refractivity (Wildman–Crippen MR) is 146 cm³/mol. The molecule has 2 aromatic rings. The van der Waals surface area contributed by atoms with Crippen LogP contribution in [-0.2, 0) is 27.2 Å². The summed E-state index contributed by atoms with van der Waals surface area (Å²) in [5, 5.41) is 9.76. The highest BCUT2D eigenvalue weighted by Gasteiger charge is 2.21. The van der Waals surface area contributed by atoms with E-state index in [1.807, 2.05) is 12.3 Å². The van der Waals surface area contributed by atoms with Crippen LogP contribution in [0.1, 0.15) is 63.5 Å². The Bertz CT molecular complexity index is 1110. The third-order valence-electron chi connectivity index (χ3n) is 6.95. The number of ketones is 1. The van der Waals surface area contributed by atoms with Gasteiger partial charge in [0.15, 0.2) is 11.5 Å². The summed E-state index contributed by atoms with van der Waals surface area (Å²) in [6.07, 6.45) is 7.13. The standard InChI is InChI=1S/C31H39NO5/c1-4-23(16-26-20-32-21-27(26)17-24-8-6-5-7-9-24)11-14-29(37-22(2)33)19-28(34)13-10-25-12-15-30(35)31(18-25)36-3/h5-9,12,15,18,20,23,29,35H,4,10-11,13-14,16-17,19,21H2,1-3H3. The molecule has 0 saturated heterocycles. The third-order valence-corrected chi connectivity index (χ3v) is 6.95. The van der Waals surface area contributed by atoms with E-state index in [4.69, 9.17) is 9.47 Å². The monoisotopic (exact) mass is 505 g/mol. The number of aryl methyl sites for hydroxylation is 1. The molecule has 2 aromatic carbocycles. The average Bonchev–Trinajstić information content (AvgIpc) is 3.32. The number of phenolic OH excluding ortho intramolecular Hbond substituents is 1. The molecule has 0 bridgehead atoms. The van der Waals surface area contributed by atoms with E-state index in [0.717, 1.165) is 37.8 Å². The number of hydrogen-bond donors (Lipinski definition) is 1. The van der Waals surface area contributed by atoms with Crippen LogP contribution in [-0.4, -0.2) is 42.8 Å². The Morgan fingerprint density at radius 2 is 1.86 bits per heavy atom. The van der Waals surface area contributed by atoms with Crippen LogP contribution in [0.4, 0.5) is 0 Å². The van der Waals surface area contributed by atoms with Crippen molar-refractivity contribution < 1.29 is 24.2 Å². The lowest BCUT2D eigenvalue weighted by Gasteiger charge is -2.21. The Kier molecular flexibility index (Phi) is 10.9. The molecule has 0 radical (unpaired) electrons. The Morgan fingerprint density at radius 1 is 1.08 bits per heavy atom. The van der Waals surface area contributed by atoms with Gasteiger partial charge in [0.05, 0.1) is 13.7 Å². The molecule has 6 nitrogen and oxygen atoms in total. The summed E-state index contributed by atoms with van der Waals surface area (Å²) in [4.78, 5) is 29.0. The van der Waals surface area contributed by atoms with Crippen molar-refractivity contribution in [2.45, 2.75) is 71.3 Å². The molecule has 1 heterocycles. The Hall–Kier alpha value is -3.41. The summed E-state index contributed by atoms with van der Waals surface area (Å²) in [7, 11) is 1.50. The number of ether oxygens (including phenoxy) is 2. The van der Waals surface area contributed by atoms with E-state index < -0.39 is 6.10 Å². The highest BCUT2D eigenvalue weighted by molar-refractivity contribution is 5.82. The van der Waals surface area contributed by atoms with E-state index in [1.165, 1.54) is 30.7 Å². The van der Waals surface area contributed by atoms with Crippen molar-refractivity contribution in [3.63, 3.8) is 0 Å². The number of carbonyl (C=O) groups excluding carboxylic acids is 2. The molecular formula is C31H39NO5. The van der Waals surface area contributed by atoms with Gasteiger partial charge in [-0.15, -0.1) is 0 Å². The minimum Gasteiger partial charge on any atom is -0.504 e. The lowest BCUT2D eigenvalue weighted by Crippen LogP contribution is -2.22. The maximum atomic E-state index is 12.7. The average molecular weight is 506 g/mol. The van der Waals surface area contributed by atoms with Gasteiger partial charge in [-0.1, -0.05) is 49.7 Å². The first-order valence-corrected chi connectivity index (χ1v) is 13.2. The summed E-state index contributed by atoms with van der Waals surface area (Å²) >= 11 is 0. The molecule has 3 rings (SSSR count). The molecule has 1 aliphatic heterocycles. The van der Waals surface area contributed by atoms with E-state index >= 15 is 0 Å². The fraction of sp³-hybridized carbons (Fsp3) is 0.452. The van der Waals surface area contributed by atoms with E-state index in [9.17, 15) is 14.7 Å². The zero-order chi connectivity index (χ0) is 26.6. The molecule has 1 aliphatic rings. The number of rotatable bonds is 15. The van der Waals surface area contributed by atoms with Gasteiger partial charge in [0.2, 0.25) is 0 Å². The zero-order valence-electron chi connectivity index (χ0n) is 22.2. The highest BCUT2D eigenvalue weighted by Crippen LogP contribution is 2.29. The van der Waals surface area contributed by atoms with Gasteiger partial charge in [0.1, 0.15) is 11.9 Å². The Balaban J connectivity index is 1.54. The van der Waals surface area contributed by atoms with Gasteiger partial charge in [-0.2, -0.15) is 0 Å². The number of benzene rings is 2. The summed E-state index contributed by atoms with van der Waals surface area (Å²) in [5.41, 5.74) is 4.91. The molecular weight excluding hydrogens is 466 g/mol. The normalized spacial score (nSPS) is 14.5. The second-order valence-electron chi connectivity index (χ2n) is 9.80. The van der Waals surface area contributed by atoms with Crippen molar-refractivity contribution >= 4 is 18.0 Å². The molecule has 1 N–H and O–H groups in total. The molecule has 0 spiro atoms. The van der Waals surface area contributed by atoms with Crippen molar-refractivity contribution in [1.29, 1.82) is 0 Å². The maximum Gasteiger partial charge on any atom is 0.302 e. The van der Waals surface area contributed by atoms with Crippen LogP contribution in [0.3, 0.4) is 0 Å². The Morgan fingerprint density at radius 3 is 2.57 bits per heavy atom. The largest absolute Gasteiger partial charge is 0.504 e. The van der Waals surface area contributed by atoms with Gasteiger partial charge in [0, 0.05) is 26.0 Å².